The van der Waals surface area contributed by atoms with E-state index in [1.807, 2.05) is 26.2 Å². The van der Waals surface area contributed by atoms with Crippen LogP contribution in [0.25, 0.3) is 0 Å². The van der Waals surface area contributed by atoms with Crippen LogP contribution in [0.2, 0.25) is 0 Å². The second-order valence-corrected chi connectivity index (χ2v) is 3.38. The van der Waals surface area contributed by atoms with Crippen LogP contribution in [0.5, 0.6) is 0 Å². The zero-order valence-corrected chi connectivity index (χ0v) is 9.99. The van der Waals surface area contributed by atoms with Crippen LogP contribution in [0.15, 0.2) is 37.1 Å². The summed E-state index contributed by atoms with van der Waals surface area (Å²) in [6.45, 7) is 9.22. The van der Waals surface area contributed by atoms with E-state index in [0.717, 1.165) is 18.8 Å². The summed E-state index contributed by atoms with van der Waals surface area (Å²) in [5.41, 5.74) is 0.952. The minimum atomic E-state index is 0.175. The molecule has 0 saturated carbocycles. The van der Waals surface area contributed by atoms with Gasteiger partial charge in [-0.05, 0) is 13.1 Å². The topological polar surface area (TPSA) is 24.5 Å². The minimum Gasteiger partial charge on any atom is -0.378 e. The van der Waals surface area contributed by atoms with Gasteiger partial charge in [-0.1, -0.05) is 25.3 Å². The van der Waals surface area contributed by atoms with E-state index < -0.39 is 0 Å². The van der Waals surface area contributed by atoms with E-state index in [1.165, 1.54) is 0 Å². The first-order valence-corrected chi connectivity index (χ1v) is 5.02. The molecular weight excluding hydrogens is 188 g/mol. The van der Waals surface area contributed by atoms with Crippen molar-refractivity contribution < 1.29 is 4.74 Å². The fourth-order valence-corrected chi connectivity index (χ4v) is 1.18. The molecule has 15 heavy (non-hydrogen) atoms. The van der Waals surface area contributed by atoms with Gasteiger partial charge in [-0.3, -0.25) is 0 Å². The SMILES string of the molecule is C=C/C=C\C(=C)N(C)CC(CNC)OC. The molecule has 0 aromatic heterocycles. The highest BCUT2D eigenvalue weighted by molar-refractivity contribution is 5.16. The van der Waals surface area contributed by atoms with Gasteiger partial charge in [0.15, 0.2) is 0 Å². The Morgan fingerprint density at radius 3 is 2.73 bits per heavy atom. The lowest BCUT2D eigenvalue weighted by atomic mass is 10.3. The van der Waals surface area contributed by atoms with Crippen molar-refractivity contribution in [2.24, 2.45) is 0 Å². The lowest BCUT2D eigenvalue weighted by Gasteiger charge is -2.24. The Hall–Kier alpha value is -1.06. The fraction of sp³-hybridized carbons (Fsp3) is 0.500. The van der Waals surface area contributed by atoms with Gasteiger partial charge in [-0.2, -0.15) is 0 Å². The molecule has 0 radical (unpaired) electrons. The Labute approximate surface area is 93.1 Å². The van der Waals surface area contributed by atoms with Crippen LogP contribution in [0.3, 0.4) is 0 Å². The predicted octanol–water partition coefficient (Wildman–Crippen LogP) is 1.41. The Kier molecular flexibility index (Phi) is 7.68. The first kappa shape index (κ1) is 13.9. The van der Waals surface area contributed by atoms with Crippen LogP contribution in [0, 0.1) is 0 Å². The molecule has 0 aromatic rings. The highest BCUT2D eigenvalue weighted by atomic mass is 16.5. The van der Waals surface area contributed by atoms with E-state index in [9.17, 15) is 0 Å². The highest BCUT2D eigenvalue weighted by Crippen LogP contribution is 2.03. The first-order valence-electron chi connectivity index (χ1n) is 5.02. The van der Waals surface area contributed by atoms with Crippen molar-refractivity contribution in [1.29, 1.82) is 0 Å². The lowest BCUT2D eigenvalue weighted by molar-refractivity contribution is 0.0821. The van der Waals surface area contributed by atoms with Crippen molar-refractivity contribution in [2.45, 2.75) is 6.10 Å². The summed E-state index contributed by atoms with van der Waals surface area (Å²) in [7, 11) is 5.63. The lowest BCUT2D eigenvalue weighted by Crippen LogP contribution is -2.36. The average Bonchev–Trinajstić information content (AvgIpc) is 2.24. The first-order chi connectivity index (χ1) is 7.15. The van der Waals surface area contributed by atoms with Gasteiger partial charge >= 0.3 is 0 Å². The van der Waals surface area contributed by atoms with E-state index in [4.69, 9.17) is 4.74 Å². The number of nitrogens with one attached hydrogen (secondary N) is 1. The van der Waals surface area contributed by atoms with Gasteiger partial charge in [-0.25, -0.2) is 0 Å². The molecule has 0 rings (SSSR count). The van der Waals surface area contributed by atoms with Gasteiger partial charge in [0.25, 0.3) is 0 Å². The van der Waals surface area contributed by atoms with E-state index in [-0.39, 0.29) is 6.10 Å². The molecule has 1 atom stereocenters. The van der Waals surface area contributed by atoms with E-state index in [1.54, 1.807) is 13.2 Å². The third-order valence-corrected chi connectivity index (χ3v) is 2.16. The smallest absolute Gasteiger partial charge is 0.0869 e. The van der Waals surface area contributed by atoms with Gasteiger partial charge < -0.3 is 15.0 Å². The van der Waals surface area contributed by atoms with Crippen LogP contribution in [0.1, 0.15) is 0 Å². The number of methoxy groups -OCH3 is 1. The minimum absolute atomic E-state index is 0.175. The van der Waals surface area contributed by atoms with Gasteiger partial charge in [0.1, 0.15) is 0 Å². The number of likely N-dealkylation sites (N-methyl/N-ethyl adjacent to an activating group) is 2. The number of hydrogen-bond acceptors (Lipinski definition) is 3. The van der Waals surface area contributed by atoms with Gasteiger partial charge in [0.2, 0.25) is 0 Å². The zero-order valence-electron chi connectivity index (χ0n) is 9.99. The Morgan fingerprint density at radius 2 is 2.27 bits per heavy atom. The molecule has 0 fully saturated rings. The summed E-state index contributed by atoms with van der Waals surface area (Å²) in [6, 6.07) is 0. The second-order valence-electron chi connectivity index (χ2n) is 3.38. The molecule has 0 amide bonds. The molecule has 0 heterocycles. The van der Waals surface area contributed by atoms with Crippen LogP contribution >= 0.6 is 0 Å². The molecular formula is C12H22N2O. The van der Waals surface area contributed by atoms with Gasteiger partial charge in [0, 0.05) is 32.9 Å². The summed E-state index contributed by atoms with van der Waals surface area (Å²) < 4.78 is 5.33. The maximum Gasteiger partial charge on any atom is 0.0869 e. The summed E-state index contributed by atoms with van der Waals surface area (Å²) >= 11 is 0. The van der Waals surface area contributed by atoms with Crippen molar-refractivity contribution in [2.75, 3.05) is 34.3 Å². The number of rotatable bonds is 8. The molecule has 86 valence electrons. The monoisotopic (exact) mass is 210 g/mol. The molecule has 1 unspecified atom stereocenters. The molecule has 3 nitrogen and oxygen atoms in total. The Morgan fingerprint density at radius 1 is 1.60 bits per heavy atom. The summed E-state index contributed by atoms with van der Waals surface area (Å²) in [4.78, 5) is 2.06. The second kappa shape index (κ2) is 8.26. The fourth-order valence-electron chi connectivity index (χ4n) is 1.18. The van der Waals surface area contributed by atoms with Crippen molar-refractivity contribution in [1.82, 2.24) is 10.2 Å². The maximum absolute atomic E-state index is 5.33. The van der Waals surface area contributed by atoms with Crippen LogP contribution in [0.4, 0.5) is 0 Å². The standard InChI is InChI=1S/C12H22N2O/c1-6-7-8-11(2)14(4)10-12(15-5)9-13-3/h6-8,12-13H,1-2,9-10H2,3-5H3/b8-7-. The quantitative estimate of drug-likeness (QED) is 0.613. The van der Waals surface area contributed by atoms with Gasteiger partial charge in [0.05, 0.1) is 6.10 Å². The average molecular weight is 210 g/mol. The summed E-state index contributed by atoms with van der Waals surface area (Å²) in [5.74, 6) is 0. The van der Waals surface area contributed by atoms with E-state index in [0.29, 0.717) is 0 Å². The molecule has 3 heteroatoms. The molecule has 0 aliphatic carbocycles. The van der Waals surface area contributed by atoms with E-state index in [2.05, 4.69) is 23.4 Å². The van der Waals surface area contributed by atoms with Crippen LogP contribution < -0.4 is 5.32 Å². The molecule has 0 saturated heterocycles. The number of hydrogen-bond donors (Lipinski definition) is 1. The van der Waals surface area contributed by atoms with Crippen LogP contribution in [-0.4, -0.2) is 45.3 Å². The summed E-state index contributed by atoms with van der Waals surface area (Å²) in [6.07, 6.45) is 5.71. The van der Waals surface area contributed by atoms with Crippen LogP contribution in [-0.2, 0) is 4.74 Å². The molecule has 0 aliphatic rings. The highest BCUT2D eigenvalue weighted by Gasteiger charge is 2.09. The third-order valence-electron chi connectivity index (χ3n) is 2.16. The molecule has 0 spiro atoms. The van der Waals surface area contributed by atoms with Gasteiger partial charge in [-0.15, -0.1) is 0 Å². The number of ether oxygens (including phenoxy) is 1. The van der Waals surface area contributed by atoms with Crippen molar-refractivity contribution in [3.63, 3.8) is 0 Å². The summed E-state index contributed by atoms with van der Waals surface area (Å²) in [5, 5.41) is 3.09. The maximum atomic E-state index is 5.33. The molecule has 1 N–H and O–H groups in total. The molecule has 0 aliphatic heterocycles. The number of nitrogens with zero attached hydrogens (tertiary/aromatic N) is 1. The Bertz CT molecular complexity index is 224. The molecule has 0 bridgehead atoms. The number of allylic oxidation sites excluding steroid dienone is 3. The van der Waals surface area contributed by atoms with Crippen molar-refractivity contribution in [3.05, 3.63) is 37.1 Å². The molecule has 0 aromatic carbocycles. The zero-order chi connectivity index (χ0) is 11.7. The normalized spacial score (nSPS) is 12.7. The Balaban J connectivity index is 4.08. The van der Waals surface area contributed by atoms with E-state index >= 15 is 0 Å². The van der Waals surface area contributed by atoms with Crippen molar-refractivity contribution >= 4 is 0 Å². The largest absolute Gasteiger partial charge is 0.378 e. The third kappa shape index (κ3) is 6.10. The van der Waals surface area contributed by atoms with Crippen molar-refractivity contribution in [3.8, 4) is 0 Å². The predicted molar refractivity (Wildman–Crippen MR) is 65.8 cm³/mol.